The van der Waals surface area contributed by atoms with Crippen LogP contribution in [0.3, 0.4) is 0 Å². The number of nitrogens with one attached hydrogen (secondary N) is 1. The van der Waals surface area contributed by atoms with Gasteiger partial charge in [-0.3, -0.25) is 9.78 Å². The second-order valence-corrected chi connectivity index (χ2v) is 6.90. The van der Waals surface area contributed by atoms with Crippen LogP contribution in [-0.4, -0.2) is 20.9 Å². The lowest BCUT2D eigenvalue weighted by atomic mass is 10.1. The van der Waals surface area contributed by atoms with Crippen LogP contribution in [0.25, 0.3) is 21.8 Å². The van der Waals surface area contributed by atoms with E-state index in [0.29, 0.717) is 17.4 Å². The van der Waals surface area contributed by atoms with Gasteiger partial charge in [0.2, 0.25) is 5.95 Å². The second-order valence-electron chi connectivity index (χ2n) is 5.74. The molecule has 0 saturated heterocycles. The van der Waals surface area contributed by atoms with Gasteiger partial charge >= 0.3 is 0 Å². The molecule has 0 aliphatic heterocycles. The third-order valence-electron chi connectivity index (χ3n) is 4.07. The molecule has 0 fully saturated rings. The zero-order valence-electron chi connectivity index (χ0n) is 13.6. The number of nitrogens with two attached hydrogens (primary N) is 1. The SMILES string of the molecule is Nc1nc(C(=O)NCc2cccc3cccnc23)c2cccc(I)c2n1. The fourth-order valence-electron chi connectivity index (χ4n) is 2.88. The molecular formula is C19H14IN5O. The summed E-state index contributed by atoms with van der Waals surface area (Å²) in [4.78, 5) is 25.6. The Balaban J connectivity index is 1.67. The zero-order valence-corrected chi connectivity index (χ0v) is 15.8. The van der Waals surface area contributed by atoms with Gasteiger partial charge in [-0.15, -0.1) is 0 Å². The quantitative estimate of drug-likeness (QED) is 0.463. The Hall–Kier alpha value is -2.81. The van der Waals surface area contributed by atoms with Crippen molar-refractivity contribution in [1.29, 1.82) is 0 Å². The molecule has 4 aromatic rings. The number of halogens is 1. The first-order valence-corrected chi connectivity index (χ1v) is 9.04. The number of fused-ring (bicyclic) bond motifs is 2. The number of aromatic nitrogens is 3. The topological polar surface area (TPSA) is 93.8 Å². The number of rotatable bonds is 3. The van der Waals surface area contributed by atoms with Crippen molar-refractivity contribution in [2.45, 2.75) is 6.54 Å². The monoisotopic (exact) mass is 455 g/mol. The fraction of sp³-hybridized carbons (Fsp3) is 0.0526. The number of anilines is 1. The van der Waals surface area contributed by atoms with Crippen LogP contribution < -0.4 is 11.1 Å². The number of nitrogens with zero attached hydrogens (tertiary/aromatic N) is 3. The van der Waals surface area contributed by atoms with Crippen LogP contribution in [-0.2, 0) is 6.54 Å². The van der Waals surface area contributed by atoms with E-state index in [9.17, 15) is 4.79 Å². The van der Waals surface area contributed by atoms with Crippen molar-refractivity contribution in [3.63, 3.8) is 0 Å². The van der Waals surface area contributed by atoms with Crippen LogP contribution in [0.4, 0.5) is 5.95 Å². The Morgan fingerprint density at radius 3 is 2.73 bits per heavy atom. The zero-order chi connectivity index (χ0) is 18.1. The van der Waals surface area contributed by atoms with Gasteiger partial charge in [0.05, 0.1) is 11.0 Å². The van der Waals surface area contributed by atoms with E-state index < -0.39 is 0 Å². The minimum absolute atomic E-state index is 0.0820. The molecule has 128 valence electrons. The van der Waals surface area contributed by atoms with Crippen LogP contribution in [0.5, 0.6) is 0 Å². The van der Waals surface area contributed by atoms with E-state index in [0.717, 1.165) is 20.0 Å². The van der Waals surface area contributed by atoms with Crippen molar-refractivity contribution >= 4 is 56.3 Å². The van der Waals surface area contributed by atoms with Gasteiger partial charge in [0.25, 0.3) is 5.91 Å². The van der Waals surface area contributed by atoms with Gasteiger partial charge in [-0.05, 0) is 40.3 Å². The number of carbonyl (C=O) groups is 1. The highest BCUT2D eigenvalue weighted by Crippen LogP contribution is 2.22. The van der Waals surface area contributed by atoms with E-state index in [4.69, 9.17) is 5.73 Å². The lowest BCUT2D eigenvalue weighted by Crippen LogP contribution is -2.25. The number of hydrogen-bond acceptors (Lipinski definition) is 5. The smallest absolute Gasteiger partial charge is 0.271 e. The van der Waals surface area contributed by atoms with Gasteiger partial charge in [-0.1, -0.05) is 36.4 Å². The molecule has 3 N–H and O–H groups in total. The number of pyridine rings is 1. The molecule has 0 saturated carbocycles. The Labute approximate surface area is 163 Å². The highest BCUT2D eigenvalue weighted by Gasteiger charge is 2.15. The molecule has 4 rings (SSSR count). The minimum Gasteiger partial charge on any atom is -0.368 e. The molecule has 1 amide bonds. The van der Waals surface area contributed by atoms with E-state index in [1.807, 2.05) is 48.5 Å². The molecule has 0 unspecified atom stereocenters. The summed E-state index contributed by atoms with van der Waals surface area (Å²) in [6.07, 6.45) is 1.74. The summed E-state index contributed by atoms with van der Waals surface area (Å²) in [7, 11) is 0. The minimum atomic E-state index is -0.293. The highest BCUT2D eigenvalue weighted by molar-refractivity contribution is 14.1. The molecule has 0 aliphatic rings. The van der Waals surface area contributed by atoms with Crippen molar-refractivity contribution < 1.29 is 4.79 Å². The summed E-state index contributed by atoms with van der Waals surface area (Å²) in [5, 5.41) is 4.63. The number of hydrogen-bond donors (Lipinski definition) is 2. The lowest BCUT2D eigenvalue weighted by molar-refractivity contribution is 0.0948. The lowest BCUT2D eigenvalue weighted by Gasteiger charge is -2.10. The first-order chi connectivity index (χ1) is 12.6. The maximum atomic E-state index is 12.8. The van der Waals surface area contributed by atoms with E-state index in [1.165, 1.54) is 0 Å². The van der Waals surface area contributed by atoms with E-state index in [2.05, 4.69) is 42.9 Å². The third-order valence-corrected chi connectivity index (χ3v) is 4.94. The third kappa shape index (κ3) is 3.05. The van der Waals surface area contributed by atoms with Gasteiger partial charge in [-0.25, -0.2) is 9.97 Å². The average molecular weight is 455 g/mol. The van der Waals surface area contributed by atoms with Crippen LogP contribution >= 0.6 is 22.6 Å². The molecule has 0 aliphatic carbocycles. The molecular weight excluding hydrogens is 441 g/mol. The largest absolute Gasteiger partial charge is 0.368 e. The van der Waals surface area contributed by atoms with E-state index >= 15 is 0 Å². The van der Waals surface area contributed by atoms with Crippen molar-refractivity contribution in [2.24, 2.45) is 0 Å². The van der Waals surface area contributed by atoms with Gasteiger partial charge in [-0.2, -0.15) is 0 Å². The highest BCUT2D eigenvalue weighted by atomic mass is 127. The molecule has 26 heavy (non-hydrogen) atoms. The van der Waals surface area contributed by atoms with Gasteiger partial charge in [0.15, 0.2) is 0 Å². The maximum Gasteiger partial charge on any atom is 0.271 e. The first-order valence-electron chi connectivity index (χ1n) is 7.96. The maximum absolute atomic E-state index is 12.8. The standard InChI is InChI=1S/C19H14IN5O/c20-14-8-2-7-13-16(14)24-19(21)25-17(13)18(26)23-10-12-5-1-4-11-6-3-9-22-15(11)12/h1-9H,10H2,(H,23,26)(H2,21,24,25). The van der Waals surface area contributed by atoms with Crippen molar-refractivity contribution in [3.8, 4) is 0 Å². The van der Waals surface area contributed by atoms with Gasteiger partial charge in [0.1, 0.15) is 5.69 Å². The van der Waals surface area contributed by atoms with Crippen LogP contribution in [0.15, 0.2) is 54.7 Å². The predicted octanol–water partition coefficient (Wildman–Crippen LogP) is 3.29. The number of nitrogen functional groups attached to an aromatic ring is 1. The fourth-order valence-corrected chi connectivity index (χ4v) is 3.50. The molecule has 0 radical (unpaired) electrons. The Morgan fingerprint density at radius 2 is 1.85 bits per heavy atom. The number of para-hydroxylation sites is 2. The Bertz CT molecular complexity index is 1140. The molecule has 2 aromatic carbocycles. The molecule has 7 heteroatoms. The molecule has 0 spiro atoms. The average Bonchev–Trinajstić information content (AvgIpc) is 2.66. The molecule has 6 nitrogen and oxygen atoms in total. The molecule has 0 atom stereocenters. The van der Waals surface area contributed by atoms with Gasteiger partial charge in [0, 0.05) is 27.1 Å². The summed E-state index contributed by atoms with van der Waals surface area (Å²) in [5.41, 5.74) is 8.57. The van der Waals surface area contributed by atoms with Crippen LogP contribution in [0.1, 0.15) is 16.1 Å². The summed E-state index contributed by atoms with van der Waals surface area (Å²) >= 11 is 2.17. The Kier molecular flexibility index (Phi) is 4.37. The van der Waals surface area contributed by atoms with E-state index in [1.54, 1.807) is 6.20 Å². The normalized spacial score (nSPS) is 11.0. The number of benzene rings is 2. The summed E-state index contributed by atoms with van der Waals surface area (Å²) < 4.78 is 0.918. The van der Waals surface area contributed by atoms with Gasteiger partial charge < -0.3 is 11.1 Å². The molecule has 2 aromatic heterocycles. The summed E-state index contributed by atoms with van der Waals surface area (Å²) in [5.74, 6) is -0.211. The molecule has 0 bridgehead atoms. The van der Waals surface area contributed by atoms with Crippen molar-refractivity contribution in [1.82, 2.24) is 20.3 Å². The second kappa shape index (κ2) is 6.83. The van der Waals surface area contributed by atoms with Crippen molar-refractivity contribution in [2.75, 3.05) is 5.73 Å². The van der Waals surface area contributed by atoms with Crippen molar-refractivity contribution in [3.05, 3.63) is 69.6 Å². The number of carbonyl (C=O) groups excluding carboxylic acids is 1. The Morgan fingerprint density at radius 1 is 1.04 bits per heavy atom. The van der Waals surface area contributed by atoms with Crippen LogP contribution in [0, 0.1) is 3.57 Å². The predicted molar refractivity (Wildman–Crippen MR) is 110 cm³/mol. The summed E-state index contributed by atoms with van der Waals surface area (Å²) in [6.45, 7) is 0.350. The summed E-state index contributed by atoms with van der Waals surface area (Å²) in [6, 6.07) is 15.4. The molecule has 2 heterocycles. The van der Waals surface area contributed by atoms with E-state index in [-0.39, 0.29) is 17.5 Å². The number of amides is 1. The van der Waals surface area contributed by atoms with Crippen LogP contribution in [0.2, 0.25) is 0 Å². The first kappa shape index (κ1) is 16.6.